The van der Waals surface area contributed by atoms with E-state index in [-0.39, 0.29) is 5.82 Å². The third kappa shape index (κ3) is 3.95. The van der Waals surface area contributed by atoms with Crippen LogP contribution in [0.3, 0.4) is 0 Å². The summed E-state index contributed by atoms with van der Waals surface area (Å²) in [4.78, 5) is 8.70. The van der Waals surface area contributed by atoms with Crippen LogP contribution >= 0.6 is 0 Å². The highest BCUT2D eigenvalue weighted by atomic mass is 19.1. The first kappa shape index (κ1) is 18.0. The number of benzene rings is 1. The highest BCUT2D eigenvalue weighted by molar-refractivity contribution is 5.84. The summed E-state index contributed by atoms with van der Waals surface area (Å²) in [7, 11) is 0. The molecule has 2 fully saturated rings. The Labute approximate surface area is 155 Å². The molecule has 4 nitrogen and oxygen atoms in total. The van der Waals surface area contributed by atoms with Crippen molar-refractivity contribution in [3.8, 4) is 0 Å². The van der Waals surface area contributed by atoms with E-state index >= 15 is 0 Å². The van der Waals surface area contributed by atoms with Crippen molar-refractivity contribution in [3.05, 3.63) is 35.3 Å². The zero-order valence-electron chi connectivity index (χ0n) is 15.8. The summed E-state index contributed by atoms with van der Waals surface area (Å²) in [6.45, 7) is 9.27. The number of rotatable bonds is 5. The van der Waals surface area contributed by atoms with Gasteiger partial charge in [0.15, 0.2) is 0 Å². The molecule has 0 spiro atoms. The molecule has 1 aromatic heterocycles. The Bertz CT molecular complexity index is 738. The van der Waals surface area contributed by atoms with Crippen LogP contribution < -0.4 is 0 Å². The van der Waals surface area contributed by atoms with E-state index in [1.807, 2.05) is 6.07 Å². The standard InChI is InChI=1S/C21H30FN3O/c1-16-19-14-17(22)5-6-20(19)23-21(16)15-25-8-3-2-4-18(25)7-9-24-10-12-26-13-11-24/h5-6,14,18,23H,2-4,7-13,15H2,1H3/t18-/m1/s1. The SMILES string of the molecule is Cc1c(CN2CCCC[C@@H]2CCN2CCOCC2)[nH]c2ccc(F)cc12. The number of likely N-dealkylation sites (tertiary alicyclic amines) is 1. The zero-order valence-corrected chi connectivity index (χ0v) is 15.8. The number of nitrogens with one attached hydrogen (secondary N) is 1. The van der Waals surface area contributed by atoms with E-state index in [0.29, 0.717) is 6.04 Å². The molecule has 26 heavy (non-hydrogen) atoms. The molecule has 142 valence electrons. The lowest BCUT2D eigenvalue weighted by atomic mass is 9.98. The fourth-order valence-corrected chi connectivity index (χ4v) is 4.47. The topological polar surface area (TPSA) is 31.5 Å². The molecule has 2 aliphatic rings. The Morgan fingerprint density at radius 2 is 2.04 bits per heavy atom. The van der Waals surface area contributed by atoms with Crippen LogP contribution in [0.5, 0.6) is 0 Å². The van der Waals surface area contributed by atoms with E-state index in [4.69, 9.17) is 4.74 Å². The van der Waals surface area contributed by atoms with E-state index in [1.165, 1.54) is 49.6 Å². The Kier molecular flexibility index (Phi) is 5.57. The number of piperidine rings is 1. The molecule has 0 aliphatic carbocycles. The molecular weight excluding hydrogens is 329 g/mol. The Balaban J connectivity index is 1.44. The predicted molar refractivity (Wildman–Crippen MR) is 103 cm³/mol. The first-order chi connectivity index (χ1) is 12.7. The van der Waals surface area contributed by atoms with Gasteiger partial charge in [-0.05, 0) is 63.0 Å². The van der Waals surface area contributed by atoms with Gasteiger partial charge in [0.05, 0.1) is 13.2 Å². The normalized spacial score (nSPS) is 22.9. The molecule has 2 aromatic rings. The van der Waals surface area contributed by atoms with Gasteiger partial charge in [-0.15, -0.1) is 0 Å². The molecule has 3 heterocycles. The second kappa shape index (κ2) is 8.07. The minimum absolute atomic E-state index is 0.160. The molecule has 0 unspecified atom stereocenters. The molecule has 1 atom stereocenters. The average Bonchev–Trinajstić information content (AvgIpc) is 2.97. The summed E-state index contributed by atoms with van der Waals surface area (Å²) in [5.41, 5.74) is 3.47. The van der Waals surface area contributed by atoms with Crippen LogP contribution in [0.2, 0.25) is 0 Å². The van der Waals surface area contributed by atoms with Crippen molar-refractivity contribution in [2.75, 3.05) is 39.4 Å². The van der Waals surface area contributed by atoms with E-state index in [0.717, 1.165) is 50.3 Å². The van der Waals surface area contributed by atoms with E-state index in [2.05, 4.69) is 21.7 Å². The van der Waals surface area contributed by atoms with Gasteiger partial charge in [-0.3, -0.25) is 9.80 Å². The number of hydrogen-bond donors (Lipinski definition) is 1. The maximum atomic E-state index is 13.6. The number of aryl methyl sites for hydroxylation is 1. The molecule has 0 bridgehead atoms. The number of nitrogens with zero attached hydrogens (tertiary/aromatic N) is 2. The first-order valence-corrected chi connectivity index (χ1v) is 10.0. The molecule has 5 heteroatoms. The van der Waals surface area contributed by atoms with Gasteiger partial charge in [0.2, 0.25) is 0 Å². The lowest BCUT2D eigenvalue weighted by Gasteiger charge is -2.37. The quantitative estimate of drug-likeness (QED) is 0.883. The van der Waals surface area contributed by atoms with E-state index in [9.17, 15) is 4.39 Å². The number of aromatic nitrogens is 1. The van der Waals surface area contributed by atoms with Crippen molar-refractivity contribution in [2.24, 2.45) is 0 Å². The largest absolute Gasteiger partial charge is 0.379 e. The number of aromatic amines is 1. The van der Waals surface area contributed by atoms with Crippen LogP contribution in [-0.4, -0.2) is 60.2 Å². The van der Waals surface area contributed by atoms with Crippen LogP contribution in [0.4, 0.5) is 4.39 Å². The maximum Gasteiger partial charge on any atom is 0.123 e. The van der Waals surface area contributed by atoms with Crippen LogP contribution in [0.25, 0.3) is 10.9 Å². The molecular formula is C21H30FN3O. The summed E-state index contributed by atoms with van der Waals surface area (Å²) in [6, 6.07) is 5.69. The van der Waals surface area contributed by atoms with Crippen molar-refractivity contribution in [2.45, 2.75) is 45.2 Å². The van der Waals surface area contributed by atoms with Crippen molar-refractivity contribution in [1.82, 2.24) is 14.8 Å². The van der Waals surface area contributed by atoms with Gasteiger partial charge in [0.25, 0.3) is 0 Å². The Morgan fingerprint density at radius 1 is 1.19 bits per heavy atom. The van der Waals surface area contributed by atoms with Gasteiger partial charge < -0.3 is 9.72 Å². The Morgan fingerprint density at radius 3 is 2.88 bits per heavy atom. The van der Waals surface area contributed by atoms with Gasteiger partial charge in [0, 0.05) is 42.3 Å². The van der Waals surface area contributed by atoms with Gasteiger partial charge >= 0.3 is 0 Å². The van der Waals surface area contributed by atoms with Gasteiger partial charge in [-0.1, -0.05) is 6.42 Å². The van der Waals surface area contributed by atoms with Gasteiger partial charge in [-0.2, -0.15) is 0 Å². The highest BCUT2D eigenvalue weighted by Gasteiger charge is 2.24. The monoisotopic (exact) mass is 359 g/mol. The minimum Gasteiger partial charge on any atom is -0.379 e. The number of halogens is 1. The number of morpholine rings is 1. The predicted octanol–water partition coefficient (Wildman–Crippen LogP) is 3.69. The number of fused-ring (bicyclic) bond motifs is 1. The maximum absolute atomic E-state index is 13.6. The van der Waals surface area contributed by atoms with Crippen LogP contribution in [-0.2, 0) is 11.3 Å². The van der Waals surface area contributed by atoms with Crippen molar-refractivity contribution >= 4 is 10.9 Å². The first-order valence-electron chi connectivity index (χ1n) is 10.0. The summed E-state index contributed by atoms with van der Waals surface area (Å²) >= 11 is 0. The molecule has 4 rings (SSSR count). The van der Waals surface area contributed by atoms with Crippen LogP contribution in [0.15, 0.2) is 18.2 Å². The molecule has 0 radical (unpaired) electrons. The fraction of sp³-hybridized carbons (Fsp3) is 0.619. The van der Waals surface area contributed by atoms with Gasteiger partial charge in [0.1, 0.15) is 5.82 Å². The lowest BCUT2D eigenvalue weighted by molar-refractivity contribution is 0.0301. The molecule has 0 saturated carbocycles. The third-order valence-corrected chi connectivity index (χ3v) is 6.12. The number of hydrogen-bond acceptors (Lipinski definition) is 3. The van der Waals surface area contributed by atoms with Gasteiger partial charge in [-0.25, -0.2) is 4.39 Å². The molecule has 2 saturated heterocycles. The smallest absolute Gasteiger partial charge is 0.123 e. The van der Waals surface area contributed by atoms with E-state index < -0.39 is 0 Å². The number of H-pyrrole nitrogens is 1. The molecule has 1 N–H and O–H groups in total. The van der Waals surface area contributed by atoms with Crippen LogP contribution in [0, 0.1) is 12.7 Å². The molecule has 2 aliphatic heterocycles. The summed E-state index contributed by atoms with van der Waals surface area (Å²) in [5.74, 6) is -0.160. The third-order valence-electron chi connectivity index (χ3n) is 6.12. The second-order valence-electron chi connectivity index (χ2n) is 7.78. The summed E-state index contributed by atoms with van der Waals surface area (Å²) in [6.07, 6.45) is 5.13. The summed E-state index contributed by atoms with van der Waals surface area (Å²) in [5, 5.41) is 1.02. The Hall–Kier alpha value is -1.43. The van der Waals surface area contributed by atoms with Crippen molar-refractivity contribution in [3.63, 3.8) is 0 Å². The lowest BCUT2D eigenvalue weighted by Crippen LogP contribution is -2.43. The second-order valence-corrected chi connectivity index (χ2v) is 7.78. The van der Waals surface area contributed by atoms with Crippen LogP contribution in [0.1, 0.15) is 36.9 Å². The highest BCUT2D eigenvalue weighted by Crippen LogP contribution is 2.27. The fourth-order valence-electron chi connectivity index (χ4n) is 4.47. The molecule has 0 amide bonds. The minimum atomic E-state index is -0.160. The summed E-state index contributed by atoms with van der Waals surface area (Å²) < 4.78 is 19.0. The number of ether oxygens (including phenoxy) is 1. The average molecular weight is 359 g/mol. The van der Waals surface area contributed by atoms with Crippen molar-refractivity contribution in [1.29, 1.82) is 0 Å². The van der Waals surface area contributed by atoms with Crippen molar-refractivity contribution < 1.29 is 9.13 Å². The molecule has 1 aromatic carbocycles. The van der Waals surface area contributed by atoms with E-state index in [1.54, 1.807) is 6.07 Å². The zero-order chi connectivity index (χ0) is 17.9.